The van der Waals surface area contributed by atoms with Crippen LogP contribution in [0.5, 0.6) is 11.6 Å². The normalized spacial score (nSPS) is 10.2. The Kier molecular flexibility index (Phi) is 4.08. The van der Waals surface area contributed by atoms with Crippen molar-refractivity contribution in [2.24, 2.45) is 0 Å². The predicted molar refractivity (Wildman–Crippen MR) is 71.0 cm³/mol. The van der Waals surface area contributed by atoms with Crippen LogP contribution in [0.4, 0.5) is 5.69 Å². The molecule has 2 rings (SSSR count). The van der Waals surface area contributed by atoms with Gasteiger partial charge in [0.15, 0.2) is 0 Å². The lowest BCUT2D eigenvalue weighted by Crippen LogP contribution is -1.94. The van der Waals surface area contributed by atoms with Gasteiger partial charge >= 0.3 is 0 Å². The number of aliphatic hydroxyl groups is 1. The van der Waals surface area contributed by atoms with Crippen LogP contribution in [-0.4, -0.2) is 15.0 Å². The molecule has 1 N–H and O–H groups in total. The van der Waals surface area contributed by atoms with Gasteiger partial charge in [0.1, 0.15) is 11.9 Å². The smallest absolute Gasteiger partial charge is 0.288 e. The molecule has 0 fully saturated rings. The number of halogens is 1. The summed E-state index contributed by atoms with van der Waals surface area (Å²) in [5, 5.41) is 19.6. The van der Waals surface area contributed by atoms with E-state index in [-0.39, 0.29) is 18.2 Å². The maximum absolute atomic E-state index is 10.6. The quantitative estimate of drug-likeness (QED) is 0.690. The zero-order valence-electron chi connectivity index (χ0n) is 9.62. The van der Waals surface area contributed by atoms with E-state index in [1.165, 1.54) is 6.07 Å². The van der Waals surface area contributed by atoms with Gasteiger partial charge in [-0.3, -0.25) is 10.1 Å². The van der Waals surface area contributed by atoms with Crippen molar-refractivity contribution >= 4 is 21.6 Å². The summed E-state index contributed by atoms with van der Waals surface area (Å²) in [6.07, 6.45) is 1.12. The minimum Gasteiger partial charge on any atom is -0.438 e. The maximum Gasteiger partial charge on any atom is 0.288 e. The Balaban J connectivity index is 2.25. The van der Waals surface area contributed by atoms with E-state index in [9.17, 15) is 10.1 Å². The van der Waals surface area contributed by atoms with E-state index in [0.29, 0.717) is 15.8 Å². The zero-order valence-corrected chi connectivity index (χ0v) is 11.2. The SMILES string of the molecule is O=[N+]([O-])c1cnc(Oc2cccc(CO)c2)c(Br)c1. The summed E-state index contributed by atoms with van der Waals surface area (Å²) in [6.45, 7) is -0.0912. The number of nitro groups is 1. The van der Waals surface area contributed by atoms with Crippen molar-refractivity contribution in [2.75, 3.05) is 0 Å². The van der Waals surface area contributed by atoms with Gasteiger partial charge in [-0.05, 0) is 33.6 Å². The van der Waals surface area contributed by atoms with Gasteiger partial charge in [0.25, 0.3) is 5.69 Å². The monoisotopic (exact) mass is 324 g/mol. The largest absolute Gasteiger partial charge is 0.438 e. The lowest BCUT2D eigenvalue weighted by molar-refractivity contribution is -0.385. The summed E-state index contributed by atoms with van der Waals surface area (Å²) in [5.41, 5.74) is 0.582. The number of pyridine rings is 1. The van der Waals surface area contributed by atoms with Crippen molar-refractivity contribution in [3.05, 3.63) is 56.7 Å². The molecule has 0 radical (unpaired) electrons. The highest BCUT2D eigenvalue weighted by molar-refractivity contribution is 9.10. The first-order valence-electron chi connectivity index (χ1n) is 5.27. The summed E-state index contributed by atoms with van der Waals surface area (Å²) in [5.74, 6) is 0.717. The van der Waals surface area contributed by atoms with Crippen molar-refractivity contribution < 1.29 is 14.8 Å². The molecule has 0 amide bonds. The maximum atomic E-state index is 10.6. The van der Waals surface area contributed by atoms with E-state index in [2.05, 4.69) is 20.9 Å². The van der Waals surface area contributed by atoms with Crippen LogP contribution in [0.25, 0.3) is 0 Å². The first kappa shape index (κ1) is 13.4. The number of rotatable bonds is 4. The molecule has 1 aromatic heterocycles. The van der Waals surface area contributed by atoms with E-state index in [1.54, 1.807) is 24.3 Å². The molecular formula is C12H9BrN2O4. The molecule has 1 aromatic carbocycles. The summed E-state index contributed by atoms with van der Waals surface area (Å²) < 4.78 is 5.88. The van der Waals surface area contributed by atoms with Gasteiger partial charge in [0, 0.05) is 6.07 Å². The summed E-state index contributed by atoms with van der Waals surface area (Å²) >= 11 is 3.17. The predicted octanol–water partition coefficient (Wildman–Crippen LogP) is 3.04. The van der Waals surface area contributed by atoms with Crippen molar-refractivity contribution in [2.45, 2.75) is 6.61 Å². The molecule has 0 saturated heterocycles. The van der Waals surface area contributed by atoms with Crippen LogP contribution in [0.1, 0.15) is 5.56 Å². The van der Waals surface area contributed by atoms with Gasteiger partial charge < -0.3 is 9.84 Å². The molecule has 0 aliphatic carbocycles. The van der Waals surface area contributed by atoms with Gasteiger partial charge in [0.2, 0.25) is 5.88 Å². The average molecular weight is 325 g/mol. The molecule has 19 heavy (non-hydrogen) atoms. The Morgan fingerprint density at radius 1 is 1.42 bits per heavy atom. The molecule has 2 aromatic rings. The molecule has 0 aliphatic heterocycles. The highest BCUT2D eigenvalue weighted by Gasteiger charge is 2.12. The number of hydrogen-bond donors (Lipinski definition) is 1. The highest BCUT2D eigenvalue weighted by atomic mass is 79.9. The third-order valence-electron chi connectivity index (χ3n) is 2.30. The topological polar surface area (TPSA) is 85.5 Å². The molecule has 98 valence electrons. The minimum atomic E-state index is -0.534. The molecular weight excluding hydrogens is 316 g/mol. The average Bonchev–Trinajstić information content (AvgIpc) is 2.41. The summed E-state index contributed by atoms with van der Waals surface area (Å²) in [7, 11) is 0. The first-order chi connectivity index (χ1) is 9.10. The Bertz CT molecular complexity index is 618. The molecule has 0 aliphatic rings. The number of ether oxygens (including phenoxy) is 1. The molecule has 0 spiro atoms. The van der Waals surface area contributed by atoms with Crippen molar-refractivity contribution in [3.63, 3.8) is 0 Å². The zero-order chi connectivity index (χ0) is 13.8. The molecule has 7 heteroatoms. The highest BCUT2D eigenvalue weighted by Crippen LogP contribution is 2.30. The lowest BCUT2D eigenvalue weighted by atomic mass is 10.2. The lowest BCUT2D eigenvalue weighted by Gasteiger charge is -2.07. The second-order valence-corrected chi connectivity index (χ2v) is 4.50. The molecule has 6 nitrogen and oxygen atoms in total. The van der Waals surface area contributed by atoms with Gasteiger partial charge in [-0.15, -0.1) is 0 Å². The molecule has 0 atom stereocenters. The number of benzene rings is 1. The van der Waals surface area contributed by atoms with Crippen LogP contribution < -0.4 is 4.74 Å². The van der Waals surface area contributed by atoms with Crippen molar-refractivity contribution in [1.82, 2.24) is 4.98 Å². The molecule has 0 unspecified atom stereocenters. The van der Waals surface area contributed by atoms with Crippen LogP contribution in [0.3, 0.4) is 0 Å². The van der Waals surface area contributed by atoms with Gasteiger partial charge in [0.05, 0.1) is 16.0 Å². The third kappa shape index (κ3) is 3.27. The standard InChI is InChI=1S/C12H9BrN2O4/c13-11-5-9(15(17)18)6-14-12(11)19-10-3-1-2-8(4-10)7-16/h1-6,16H,7H2. The van der Waals surface area contributed by atoms with E-state index in [1.807, 2.05) is 0 Å². The third-order valence-corrected chi connectivity index (χ3v) is 2.87. The number of aliphatic hydroxyl groups excluding tert-OH is 1. The number of hydrogen-bond acceptors (Lipinski definition) is 5. The summed E-state index contributed by atoms with van der Waals surface area (Å²) in [4.78, 5) is 13.9. The van der Waals surface area contributed by atoms with Gasteiger partial charge in [-0.2, -0.15) is 0 Å². The number of nitrogens with zero attached hydrogens (tertiary/aromatic N) is 2. The van der Waals surface area contributed by atoms with Gasteiger partial charge in [-0.1, -0.05) is 12.1 Å². The Morgan fingerprint density at radius 3 is 2.84 bits per heavy atom. The fourth-order valence-electron chi connectivity index (χ4n) is 1.41. The van der Waals surface area contributed by atoms with Crippen molar-refractivity contribution in [3.8, 4) is 11.6 Å². The number of aromatic nitrogens is 1. The molecule has 0 bridgehead atoms. The Labute approximate surface area is 117 Å². The Morgan fingerprint density at radius 2 is 2.21 bits per heavy atom. The van der Waals surface area contributed by atoms with Crippen molar-refractivity contribution in [1.29, 1.82) is 0 Å². The summed E-state index contributed by atoms with van der Waals surface area (Å²) in [6, 6.07) is 8.17. The second kappa shape index (κ2) is 5.77. The van der Waals surface area contributed by atoms with Crippen LogP contribution in [0.2, 0.25) is 0 Å². The van der Waals surface area contributed by atoms with E-state index in [0.717, 1.165) is 6.20 Å². The van der Waals surface area contributed by atoms with Crippen LogP contribution in [-0.2, 0) is 6.61 Å². The van der Waals surface area contributed by atoms with Crippen LogP contribution >= 0.6 is 15.9 Å². The second-order valence-electron chi connectivity index (χ2n) is 3.65. The van der Waals surface area contributed by atoms with Gasteiger partial charge in [-0.25, -0.2) is 4.98 Å². The molecule has 1 heterocycles. The van der Waals surface area contributed by atoms with Crippen LogP contribution in [0.15, 0.2) is 41.0 Å². The van der Waals surface area contributed by atoms with E-state index >= 15 is 0 Å². The molecule has 0 saturated carbocycles. The minimum absolute atomic E-state index is 0.0912. The fraction of sp³-hybridized carbons (Fsp3) is 0.0833. The first-order valence-corrected chi connectivity index (χ1v) is 6.07. The Hall–Kier alpha value is -1.99. The van der Waals surface area contributed by atoms with Crippen LogP contribution in [0, 0.1) is 10.1 Å². The van der Waals surface area contributed by atoms with E-state index in [4.69, 9.17) is 9.84 Å². The fourth-order valence-corrected chi connectivity index (χ4v) is 1.83. The van der Waals surface area contributed by atoms with E-state index < -0.39 is 4.92 Å².